The number of benzene rings is 1. The molecule has 0 bridgehead atoms. The molecule has 17 heavy (non-hydrogen) atoms. The molecule has 0 aliphatic carbocycles. The molecule has 1 nitrogen and oxygen atoms in total. The molecule has 2 N–H and O–H groups in total. The number of allylic oxidation sites excluding steroid dienone is 1. The summed E-state index contributed by atoms with van der Waals surface area (Å²) in [6.45, 7) is 8.60. The van der Waals surface area contributed by atoms with Crippen LogP contribution in [0.4, 0.5) is 0 Å². The van der Waals surface area contributed by atoms with Crippen molar-refractivity contribution in [2.24, 2.45) is 5.73 Å². The van der Waals surface area contributed by atoms with E-state index < -0.39 is 0 Å². The van der Waals surface area contributed by atoms with Gasteiger partial charge < -0.3 is 5.73 Å². The monoisotopic (exact) mass is 262 g/mol. The third kappa shape index (κ3) is 2.44. The second-order valence-electron chi connectivity index (χ2n) is 3.74. The zero-order valence-corrected chi connectivity index (χ0v) is 10.9. The predicted molar refractivity (Wildman–Crippen MR) is 77.6 cm³/mol. The predicted octanol–water partition coefficient (Wildman–Crippen LogP) is 4.03. The smallest absolute Gasteiger partial charge is 0.0405 e. The molecule has 0 saturated carbocycles. The molecule has 0 unspecified atom stereocenters. The van der Waals surface area contributed by atoms with Crippen molar-refractivity contribution in [2.75, 3.05) is 6.54 Å². The lowest BCUT2D eigenvalue weighted by Crippen LogP contribution is -2.04. The normalized spacial score (nSPS) is 15.1. The molecule has 1 aromatic carbocycles. The molecule has 3 heteroatoms. The van der Waals surface area contributed by atoms with Gasteiger partial charge in [-0.1, -0.05) is 40.8 Å². The van der Waals surface area contributed by atoms with Gasteiger partial charge in [-0.3, -0.25) is 0 Å². The van der Waals surface area contributed by atoms with Crippen LogP contribution in [-0.2, 0) is 0 Å². The van der Waals surface area contributed by atoms with Crippen LogP contribution in [-0.4, -0.2) is 6.54 Å². The molecule has 1 aliphatic rings. The van der Waals surface area contributed by atoms with Gasteiger partial charge in [0.15, 0.2) is 0 Å². The fourth-order valence-corrected chi connectivity index (χ4v) is 2.71. The molecular weight excluding hydrogens is 250 g/mol. The van der Waals surface area contributed by atoms with E-state index in [0.717, 1.165) is 32.2 Å². The summed E-state index contributed by atoms with van der Waals surface area (Å²) in [5.74, 6) is 2.06. The zero-order valence-electron chi connectivity index (χ0n) is 9.37. The van der Waals surface area contributed by atoms with Crippen molar-refractivity contribution in [3.8, 4) is 0 Å². The summed E-state index contributed by atoms with van der Waals surface area (Å²) in [5, 5.41) is 0.726. The van der Waals surface area contributed by atoms with E-state index in [1.165, 1.54) is 0 Å². The Morgan fingerprint density at radius 1 is 1.35 bits per heavy atom. The molecule has 1 aliphatic heterocycles. The van der Waals surface area contributed by atoms with Gasteiger partial charge in [-0.15, -0.1) is 23.5 Å². The number of thioether (sulfide) groups is 1. The quantitative estimate of drug-likeness (QED) is 0.833. The van der Waals surface area contributed by atoms with Crippen LogP contribution < -0.4 is 5.73 Å². The molecule has 2 rings (SSSR count). The molecule has 0 amide bonds. The fourth-order valence-electron chi connectivity index (χ4n) is 1.71. The van der Waals surface area contributed by atoms with Gasteiger partial charge in [-0.25, -0.2) is 0 Å². The van der Waals surface area contributed by atoms with Crippen LogP contribution in [0.2, 0.25) is 5.02 Å². The highest BCUT2D eigenvalue weighted by molar-refractivity contribution is 8.05. The minimum absolute atomic E-state index is 0.490. The molecular formula is C14H13ClNS-. The molecule has 1 heterocycles. The third-order valence-electron chi connectivity index (χ3n) is 2.70. The van der Waals surface area contributed by atoms with E-state index >= 15 is 0 Å². The van der Waals surface area contributed by atoms with Crippen molar-refractivity contribution in [3.05, 3.63) is 69.8 Å². The largest absolute Gasteiger partial charge is 0.337 e. The van der Waals surface area contributed by atoms with Crippen LogP contribution in [0.1, 0.15) is 5.56 Å². The van der Waals surface area contributed by atoms with Gasteiger partial charge in [0.25, 0.3) is 0 Å². The van der Waals surface area contributed by atoms with Gasteiger partial charge in [-0.05, 0) is 18.7 Å². The fraction of sp³-hybridized carbons (Fsp3) is 0.0714. The number of hydrogen-bond donors (Lipinski definition) is 1. The Labute approximate surface area is 111 Å². The maximum absolute atomic E-state index is 5.87. The average Bonchev–Trinajstić information content (AvgIpc) is 2.70. The van der Waals surface area contributed by atoms with Gasteiger partial charge in [0.2, 0.25) is 0 Å². The van der Waals surface area contributed by atoms with Crippen LogP contribution in [0.5, 0.6) is 0 Å². The summed E-state index contributed by atoms with van der Waals surface area (Å²) in [6, 6.07) is 7.65. The lowest BCUT2D eigenvalue weighted by atomic mass is 9.96. The molecule has 0 fully saturated rings. The third-order valence-corrected chi connectivity index (χ3v) is 3.84. The molecule has 0 radical (unpaired) electrons. The summed E-state index contributed by atoms with van der Waals surface area (Å²) >= 11 is 7.47. The highest BCUT2D eigenvalue weighted by Gasteiger charge is 2.10. The van der Waals surface area contributed by atoms with Crippen molar-refractivity contribution in [1.82, 2.24) is 0 Å². The number of rotatable bonds is 3. The van der Waals surface area contributed by atoms with Crippen LogP contribution >= 0.6 is 23.4 Å². The van der Waals surface area contributed by atoms with E-state index in [4.69, 9.17) is 17.3 Å². The van der Waals surface area contributed by atoms with Gasteiger partial charge in [-0.2, -0.15) is 17.3 Å². The second kappa shape index (κ2) is 5.05. The summed E-state index contributed by atoms with van der Waals surface area (Å²) in [7, 11) is 0. The first kappa shape index (κ1) is 12.4. The minimum atomic E-state index is 0.490. The molecule has 1 aromatic rings. The van der Waals surface area contributed by atoms with Crippen LogP contribution in [0, 0.1) is 5.75 Å². The molecule has 0 spiro atoms. The van der Waals surface area contributed by atoms with E-state index in [-0.39, 0.29) is 0 Å². The highest BCUT2D eigenvalue weighted by Crippen LogP contribution is 2.43. The Kier molecular flexibility index (Phi) is 3.67. The Morgan fingerprint density at radius 3 is 2.59 bits per heavy atom. The SMILES string of the molecule is C=C1S[CH-]C(C(=C)c2ccc(Cl)cc2)=C1CN. The van der Waals surface area contributed by atoms with Crippen molar-refractivity contribution in [3.63, 3.8) is 0 Å². The Morgan fingerprint density at radius 2 is 2.00 bits per heavy atom. The first-order valence-electron chi connectivity index (χ1n) is 5.21. The molecule has 88 valence electrons. The second-order valence-corrected chi connectivity index (χ2v) is 5.14. The molecule has 0 saturated heterocycles. The standard InChI is InChI=1S/C14H13ClNS/c1-9(11-3-5-12(15)6-4-11)14-8-17-10(2)13(14)7-16/h3-6,8H,1-2,7,16H2/q-1. The Balaban J connectivity index is 2.35. The van der Waals surface area contributed by atoms with Crippen molar-refractivity contribution in [2.45, 2.75) is 0 Å². The van der Waals surface area contributed by atoms with E-state index in [9.17, 15) is 0 Å². The molecule has 0 atom stereocenters. The van der Waals surface area contributed by atoms with Gasteiger partial charge in [0, 0.05) is 5.02 Å². The maximum atomic E-state index is 5.87. The number of nitrogens with two attached hydrogens (primary N) is 1. The van der Waals surface area contributed by atoms with E-state index in [1.807, 2.05) is 24.3 Å². The summed E-state index contributed by atoms with van der Waals surface area (Å²) < 4.78 is 0. The first-order chi connectivity index (χ1) is 8.13. The average molecular weight is 263 g/mol. The van der Waals surface area contributed by atoms with Gasteiger partial charge >= 0.3 is 0 Å². The number of hydrogen-bond acceptors (Lipinski definition) is 2. The van der Waals surface area contributed by atoms with Crippen molar-refractivity contribution >= 4 is 28.9 Å². The number of halogens is 1. The van der Waals surface area contributed by atoms with Crippen LogP contribution in [0.15, 0.2) is 53.5 Å². The summed E-state index contributed by atoms with van der Waals surface area (Å²) in [4.78, 5) is 1.01. The van der Waals surface area contributed by atoms with E-state index in [0.29, 0.717) is 6.54 Å². The topological polar surface area (TPSA) is 26.0 Å². The van der Waals surface area contributed by atoms with E-state index in [1.54, 1.807) is 11.8 Å². The van der Waals surface area contributed by atoms with E-state index in [2.05, 4.69) is 18.9 Å². The summed E-state index contributed by atoms with van der Waals surface area (Å²) in [5.41, 5.74) is 9.93. The Bertz CT molecular complexity index is 499. The molecule has 0 aromatic heterocycles. The zero-order chi connectivity index (χ0) is 12.4. The van der Waals surface area contributed by atoms with Gasteiger partial charge in [0.1, 0.15) is 0 Å². The van der Waals surface area contributed by atoms with Crippen LogP contribution in [0.3, 0.4) is 0 Å². The lowest BCUT2D eigenvalue weighted by molar-refractivity contribution is 1.17. The van der Waals surface area contributed by atoms with Crippen molar-refractivity contribution < 1.29 is 0 Å². The van der Waals surface area contributed by atoms with Gasteiger partial charge in [0.05, 0.1) is 0 Å². The van der Waals surface area contributed by atoms with Crippen LogP contribution in [0.25, 0.3) is 5.57 Å². The first-order valence-corrected chi connectivity index (χ1v) is 6.47. The minimum Gasteiger partial charge on any atom is -0.337 e. The summed E-state index contributed by atoms with van der Waals surface area (Å²) in [6.07, 6.45) is 0. The lowest BCUT2D eigenvalue weighted by Gasteiger charge is -2.18. The highest BCUT2D eigenvalue weighted by atomic mass is 35.5. The Hall–Kier alpha value is -1.09. The van der Waals surface area contributed by atoms with Crippen molar-refractivity contribution in [1.29, 1.82) is 0 Å². The maximum Gasteiger partial charge on any atom is 0.0405 e.